The average molecular weight is 273 g/mol. The molecule has 0 aliphatic rings. The van der Waals surface area contributed by atoms with E-state index in [1.54, 1.807) is 0 Å². The average Bonchev–Trinajstić information content (AvgIpc) is 2.38. The first-order chi connectivity index (χ1) is 9.11. The lowest BCUT2D eigenvalue weighted by molar-refractivity contribution is 0.210. The first-order valence-electron chi connectivity index (χ1n) is 5.83. The molecule has 1 amide bonds. The van der Waals surface area contributed by atoms with Crippen molar-refractivity contribution in [1.29, 1.82) is 0 Å². The van der Waals surface area contributed by atoms with Gasteiger partial charge in [-0.15, -0.1) is 11.8 Å². The molecule has 0 aliphatic carbocycles. The summed E-state index contributed by atoms with van der Waals surface area (Å²) in [5, 5.41) is 0. The van der Waals surface area contributed by atoms with Crippen molar-refractivity contribution in [3.8, 4) is 16.9 Å². The van der Waals surface area contributed by atoms with Gasteiger partial charge in [0.1, 0.15) is 5.75 Å². The Kier molecular flexibility index (Phi) is 4.12. The number of amides is 1. The first-order valence-corrected chi connectivity index (χ1v) is 7.05. The molecule has 0 saturated heterocycles. The minimum Gasteiger partial charge on any atom is -0.409 e. The highest BCUT2D eigenvalue weighted by atomic mass is 32.2. The van der Waals surface area contributed by atoms with Crippen LogP contribution < -0.4 is 10.5 Å². The Balaban J connectivity index is 2.53. The highest BCUT2D eigenvalue weighted by Crippen LogP contribution is 2.35. The molecule has 0 radical (unpaired) electrons. The summed E-state index contributed by atoms with van der Waals surface area (Å²) in [5.41, 5.74) is 8.26. The fraction of sp³-hybridized carbons (Fsp3) is 0.133. The summed E-state index contributed by atoms with van der Waals surface area (Å²) in [6.07, 6.45) is 1.15. The summed E-state index contributed by atoms with van der Waals surface area (Å²) in [4.78, 5) is 11.9. The van der Waals surface area contributed by atoms with Crippen molar-refractivity contribution in [2.45, 2.75) is 11.8 Å². The maximum absolute atomic E-state index is 11.0. The van der Waals surface area contributed by atoms with Crippen molar-refractivity contribution in [3.05, 3.63) is 48.0 Å². The Morgan fingerprint density at radius 1 is 1.16 bits per heavy atom. The van der Waals surface area contributed by atoms with E-state index in [0.29, 0.717) is 5.75 Å². The van der Waals surface area contributed by atoms with E-state index in [0.717, 1.165) is 21.6 Å². The lowest BCUT2D eigenvalue weighted by Crippen LogP contribution is -2.16. The molecular formula is C15H15NO2S. The molecule has 19 heavy (non-hydrogen) atoms. The van der Waals surface area contributed by atoms with E-state index >= 15 is 0 Å². The third-order valence-corrected chi connectivity index (χ3v) is 3.69. The molecule has 0 spiro atoms. The molecule has 0 bridgehead atoms. The smallest absolute Gasteiger partial charge is 0.409 e. The van der Waals surface area contributed by atoms with E-state index in [9.17, 15) is 4.79 Å². The quantitative estimate of drug-likeness (QED) is 0.864. The Labute approximate surface area is 116 Å². The van der Waals surface area contributed by atoms with E-state index < -0.39 is 6.09 Å². The second-order valence-electron chi connectivity index (χ2n) is 4.11. The van der Waals surface area contributed by atoms with Gasteiger partial charge in [0.05, 0.1) is 4.90 Å². The maximum atomic E-state index is 11.0. The predicted molar refractivity (Wildman–Crippen MR) is 78.6 cm³/mol. The van der Waals surface area contributed by atoms with Gasteiger partial charge in [0.25, 0.3) is 0 Å². The molecule has 2 rings (SSSR count). The molecule has 2 N–H and O–H groups in total. The molecule has 0 heterocycles. The molecule has 98 valence electrons. The van der Waals surface area contributed by atoms with Gasteiger partial charge in [-0.3, -0.25) is 0 Å². The van der Waals surface area contributed by atoms with Crippen LogP contribution in [0.5, 0.6) is 5.75 Å². The number of ether oxygens (including phenoxy) is 1. The van der Waals surface area contributed by atoms with E-state index in [4.69, 9.17) is 10.5 Å². The van der Waals surface area contributed by atoms with Crippen LogP contribution >= 0.6 is 11.8 Å². The number of carbonyl (C=O) groups excluding carboxylic acids is 1. The Bertz CT molecular complexity index is 597. The SMILES string of the molecule is CSc1c(C)cc(-c2ccccc2)cc1OC(N)=O. The van der Waals surface area contributed by atoms with Crippen LogP contribution in [0.15, 0.2) is 47.4 Å². The normalized spacial score (nSPS) is 10.2. The summed E-state index contributed by atoms with van der Waals surface area (Å²) >= 11 is 1.54. The van der Waals surface area contributed by atoms with Gasteiger partial charge in [-0.25, -0.2) is 4.79 Å². The number of hydrogen-bond donors (Lipinski definition) is 1. The third kappa shape index (κ3) is 3.09. The van der Waals surface area contributed by atoms with Crippen LogP contribution in [-0.2, 0) is 0 Å². The molecular weight excluding hydrogens is 258 g/mol. The second kappa shape index (κ2) is 5.80. The number of thioether (sulfide) groups is 1. The van der Waals surface area contributed by atoms with E-state index in [1.807, 2.05) is 49.6 Å². The van der Waals surface area contributed by atoms with Crippen LogP contribution in [0.3, 0.4) is 0 Å². The molecule has 0 aromatic heterocycles. The fourth-order valence-corrected chi connectivity index (χ4v) is 2.67. The first kappa shape index (κ1) is 13.5. The van der Waals surface area contributed by atoms with Crippen LogP contribution in [0, 0.1) is 6.92 Å². The van der Waals surface area contributed by atoms with Crippen LogP contribution in [0.4, 0.5) is 4.79 Å². The number of benzene rings is 2. The van der Waals surface area contributed by atoms with Gasteiger partial charge in [0.2, 0.25) is 0 Å². The summed E-state index contributed by atoms with van der Waals surface area (Å²) in [6, 6.07) is 13.9. The van der Waals surface area contributed by atoms with Crippen molar-refractivity contribution >= 4 is 17.9 Å². The molecule has 0 saturated carbocycles. The number of nitrogens with two attached hydrogens (primary N) is 1. The minimum absolute atomic E-state index is 0.513. The Hall–Kier alpha value is -1.94. The lowest BCUT2D eigenvalue weighted by atomic mass is 10.0. The van der Waals surface area contributed by atoms with Gasteiger partial charge in [-0.2, -0.15) is 0 Å². The molecule has 0 unspecified atom stereocenters. The van der Waals surface area contributed by atoms with Crippen LogP contribution in [-0.4, -0.2) is 12.3 Å². The largest absolute Gasteiger partial charge is 0.410 e. The number of carbonyl (C=O) groups is 1. The third-order valence-electron chi connectivity index (χ3n) is 2.76. The van der Waals surface area contributed by atoms with Crippen LogP contribution in [0.1, 0.15) is 5.56 Å². The molecule has 4 heteroatoms. The topological polar surface area (TPSA) is 52.3 Å². The van der Waals surface area contributed by atoms with Crippen molar-refractivity contribution < 1.29 is 9.53 Å². The van der Waals surface area contributed by atoms with E-state index in [2.05, 4.69) is 6.07 Å². The number of aryl methyl sites for hydroxylation is 1. The van der Waals surface area contributed by atoms with E-state index in [-0.39, 0.29) is 0 Å². The van der Waals surface area contributed by atoms with Crippen LogP contribution in [0.25, 0.3) is 11.1 Å². The highest BCUT2D eigenvalue weighted by molar-refractivity contribution is 7.98. The van der Waals surface area contributed by atoms with Crippen molar-refractivity contribution in [2.75, 3.05) is 6.26 Å². The zero-order valence-electron chi connectivity index (χ0n) is 10.8. The van der Waals surface area contributed by atoms with Gasteiger partial charge in [-0.05, 0) is 35.9 Å². The summed E-state index contributed by atoms with van der Waals surface area (Å²) < 4.78 is 5.10. The van der Waals surface area contributed by atoms with Crippen molar-refractivity contribution in [1.82, 2.24) is 0 Å². The molecule has 0 aliphatic heterocycles. The van der Waals surface area contributed by atoms with Gasteiger partial charge in [0, 0.05) is 0 Å². The molecule has 0 fully saturated rings. The summed E-state index contributed by atoms with van der Waals surface area (Å²) in [7, 11) is 0. The van der Waals surface area contributed by atoms with Crippen LogP contribution in [0.2, 0.25) is 0 Å². The summed E-state index contributed by atoms with van der Waals surface area (Å²) in [6.45, 7) is 1.99. The van der Waals surface area contributed by atoms with Crippen molar-refractivity contribution in [3.63, 3.8) is 0 Å². The van der Waals surface area contributed by atoms with Gasteiger partial charge in [-0.1, -0.05) is 36.4 Å². The van der Waals surface area contributed by atoms with Crippen molar-refractivity contribution in [2.24, 2.45) is 5.73 Å². The Morgan fingerprint density at radius 3 is 2.42 bits per heavy atom. The molecule has 2 aromatic rings. The summed E-state index contributed by atoms with van der Waals surface area (Å²) in [5.74, 6) is 0.513. The molecule has 3 nitrogen and oxygen atoms in total. The van der Waals surface area contributed by atoms with E-state index in [1.165, 1.54) is 11.8 Å². The molecule has 0 atom stereocenters. The van der Waals surface area contributed by atoms with Gasteiger partial charge in [0.15, 0.2) is 0 Å². The lowest BCUT2D eigenvalue weighted by Gasteiger charge is -2.12. The second-order valence-corrected chi connectivity index (χ2v) is 4.93. The number of primary amides is 1. The zero-order chi connectivity index (χ0) is 13.8. The van der Waals surface area contributed by atoms with Gasteiger partial charge >= 0.3 is 6.09 Å². The predicted octanol–water partition coefficient (Wildman–Crippen LogP) is 3.84. The maximum Gasteiger partial charge on any atom is 0.410 e. The fourth-order valence-electron chi connectivity index (χ4n) is 1.98. The number of hydrogen-bond acceptors (Lipinski definition) is 3. The standard InChI is InChI=1S/C15H15NO2S/c1-10-8-12(11-6-4-3-5-7-11)9-13(14(10)19-2)18-15(16)17/h3-9H,1-2H3,(H2,16,17). The highest BCUT2D eigenvalue weighted by Gasteiger charge is 2.12. The van der Waals surface area contributed by atoms with Gasteiger partial charge < -0.3 is 10.5 Å². The zero-order valence-corrected chi connectivity index (χ0v) is 11.7. The number of rotatable bonds is 3. The monoisotopic (exact) mass is 273 g/mol. The Morgan fingerprint density at radius 2 is 1.84 bits per heavy atom. The minimum atomic E-state index is -0.792. The molecule has 2 aromatic carbocycles.